The van der Waals surface area contributed by atoms with Gasteiger partial charge in [-0.25, -0.2) is 4.98 Å². The first-order chi connectivity index (χ1) is 10.1. The molecule has 4 nitrogen and oxygen atoms in total. The molecular formula is C16H18N2O2S. The van der Waals surface area contributed by atoms with Crippen molar-refractivity contribution in [1.29, 1.82) is 0 Å². The van der Waals surface area contributed by atoms with E-state index in [1.165, 1.54) is 5.56 Å². The minimum absolute atomic E-state index is 0.362. The molecule has 2 aromatic heterocycles. The number of para-hydroxylation sites is 1. The topological polar surface area (TPSA) is 58.3 Å². The Bertz CT molecular complexity index is 745. The lowest BCUT2D eigenvalue weighted by atomic mass is 10.0. The van der Waals surface area contributed by atoms with E-state index in [1.807, 2.05) is 28.1 Å². The summed E-state index contributed by atoms with van der Waals surface area (Å²) in [5, 5.41) is 22.4. The van der Waals surface area contributed by atoms with Gasteiger partial charge in [0.05, 0.1) is 29.0 Å². The van der Waals surface area contributed by atoms with Crippen molar-refractivity contribution in [2.75, 3.05) is 0 Å². The van der Waals surface area contributed by atoms with Gasteiger partial charge in [-0.15, -0.1) is 11.3 Å². The lowest BCUT2D eigenvalue weighted by molar-refractivity contribution is -0.0478. The Hall–Kier alpha value is -1.69. The van der Waals surface area contributed by atoms with Crippen LogP contribution in [-0.2, 0) is 6.54 Å². The van der Waals surface area contributed by atoms with Crippen LogP contribution in [0.25, 0.3) is 10.9 Å². The lowest BCUT2D eigenvalue weighted by Crippen LogP contribution is -2.09. The smallest absolute Gasteiger partial charge is 0.194 e. The molecule has 0 aliphatic heterocycles. The fourth-order valence-electron chi connectivity index (χ4n) is 2.70. The summed E-state index contributed by atoms with van der Waals surface area (Å²) in [5.41, 5.74) is 5.49. The largest absolute Gasteiger partial charge is 0.363 e. The number of thiazole rings is 1. The van der Waals surface area contributed by atoms with Gasteiger partial charge in [-0.2, -0.15) is 0 Å². The number of aliphatic hydroxyl groups excluding tert-OH is 1. The summed E-state index contributed by atoms with van der Waals surface area (Å²) in [5.74, 6) is 0.362. The quantitative estimate of drug-likeness (QED) is 0.727. The summed E-state index contributed by atoms with van der Waals surface area (Å²) >= 11 is 1.54. The van der Waals surface area contributed by atoms with Gasteiger partial charge in [-0.1, -0.05) is 32.0 Å². The van der Waals surface area contributed by atoms with Gasteiger partial charge in [0.15, 0.2) is 6.29 Å². The summed E-state index contributed by atoms with van der Waals surface area (Å²) in [4.78, 5) is 4.31. The van der Waals surface area contributed by atoms with Gasteiger partial charge in [0.2, 0.25) is 0 Å². The Kier molecular flexibility index (Phi) is 3.80. The SMILES string of the molecule is CC(C)c1cccc2cc(C(O)O)n(Cc3cscn3)c12. The van der Waals surface area contributed by atoms with Crippen molar-refractivity contribution in [1.82, 2.24) is 9.55 Å². The summed E-state index contributed by atoms with van der Waals surface area (Å²) in [7, 11) is 0. The molecule has 0 fully saturated rings. The highest BCUT2D eigenvalue weighted by Crippen LogP contribution is 2.31. The second kappa shape index (κ2) is 5.60. The van der Waals surface area contributed by atoms with Crippen LogP contribution in [0.3, 0.4) is 0 Å². The third-order valence-electron chi connectivity index (χ3n) is 3.67. The van der Waals surface area contributed by atoms with E-state index < -0.39 is 6.29 Å². The highest BCUT2D eigenvalue weighted by Gasteiger charge is 2.18. The monoisotopic (exact) mass is 302 g/mol. The second-order valence-electron chi connectivity index (χ2n) is 5.45. The van der Waals surface area contributed by atoms with E-state index in [-0.39, 0.29) is 0 Å². The van der Waals surface area contributed by atoms with Crippen molar-refractivity contribution in [3.05, 3.63) is 52.1 Å². The Balaban J connectivity index is 2.24. The predicted octanol–water partition coefficient (Wildman–Crippen LogP) is 3.25. The Morgan fingerprint density at radius 2 is 2.10 bits per heavy atom. The van der Waals surface area contributed by atoms with Crippen LogP contribution in [0.1, 0.15) is 43.0 Å². The molecule has 21 heavy (non-hydrogen) atoms. The van der Waals surface area contributed by atoms with Crippen LogP contribution in [-0.4, -0.2) is 19.8 Å². The maximum Gasteiger partial charge on any atom is 0.194 e. The molecule has 0 aliphatic rings. The van der Waals surface area contributed by atoms with Gasteiger partial charge >= 0.3 is 0 Å². The summed E-state index contributed by atoms with van der Waals surface area (Å²) in [6, 6.07) is 7.96. The molecule has 110 valence electrons. The highest BCUT2D eigenvalue weighted by molar-refractivity contribution is 7.07. The van der Waals surface area contributed by atoms with Crippen LogP contribution in [0.4, 0.5) is 0 Å². The number of aromatic nitrogens is 2. The van der Waals surface area contributed by atoms with E-state index in [0.29, 0.717) is 18.2 Å². The predicted molar refractivity (Wildman–Crippen MR) is 84.4 cm³/mol. The van der Waals surface area contributed by atoms with Gasteiger partial charge in [0.1, 0.15) is 0 Å². The zero-order chi connectivity index (χ0) is 15.0. The minimum atomic E-state index is -1.49. The van der Waals surface area contributed by atoms with Crippen molar-refractivity contribution >= 4 is 22.2 Å². The van der Waals surface area contributed by atoms with E-state index in [9.17, 15) is 10.2 Å². The molecule has 0 saturated carbocycles. The first kappa shape index (κ1) is 14.3. The van der Waals surface area contributed by atoms with Gasteiger partial charge < -0.3 is 14.8 Å². The molecule has 3 aromatic rings. The minimum Gasteiger partial charge on any atom is -0.363 e. The molecule has 0 saturated heterocycles. The number of hydrogen-bond donors (Lipinski definition) is 2. The number of nitrogens with zero attached hydrogens (tertiary/aromatic N) is 2. The van der Waals surface area contributed by atoms with E-state index in [2.05, 4.69) is 24.9 Å². The number of rotatable bonds is 4. The molecule has 1 aromatic carbocycles. The van der Waals surface area contributed by atoms with E-state index in [1.54, 1.807) is 16.8 Å². The van der Waals surface area contributed by atoms with Crippen molar-refractivity contribution in [2.45, 2.75) is 32.6 Å². The molecule has 2 heterocycles. The molecule has 0 atom stereocenters. The molecule has 0 unspecified atom stereocenters. The van der Waals surface area contributed by atoms with Gasteiger partial charge in [0.25, 0.3) is 0 Å². The van der Waals surface area contributed by atoms with Crippen LogP contribution in [0.15, 0.2) is 35.2 Å². The standard InChI is InChI=1S/C16H18N2O2S/c1-10(2)13-5-3-4-11-6-14(16(19)20)18(15(11)13)7-12-8-21-9-17-12/h3-6,8-10,16,19-20H,7H2,1-2H3. The molecule has 2 N–H and O–H groups in total. The molecule has 0 spiro atoms. The highest BCUT2D eigenvalue weighted by atomic mass is 32.1. The fraction of sp³-hybridized carbons (Fsp3) is 0.312. The first-order valence-electron chi connectivity index (χ1n) is 6.93. The fourth-order valence-corrected chi connectivity index (χ4v) is 3.25. The molecule has 0 bridgehead atoms. The first-order valence-corrected chi connectivity index (χ1v) is 7.87. The molecule has 0 radical (unpaired) electrons. The van der Waals surface area contributed by atoms with Crippen LogP contribution >= 0.6 is 11.3 Å². The maximum absolute atomic E-state index is 9.68. The number of hydrogen-bond acceptors (Lipinski definition) is 4. The van der Waals surface area contributed by atoms with E-state index >= 15 is 0 Å². The van der Waals surface area contributed by atoms with Gasteiger partial charge in [-0.05, 0) is 17.5 Å². The Morgan fingerprint density at radius 1 is 1.29 bits per heavy atom. The number of fused-ring (bicyclic) bond motifs is 1. The molecule has 3 rings (SSSR count). The normalized spacial score (nSPS) is 11.9. The third kappa shape index (κ3) is 2.60. The van der Waals surface area contributed by atoms with Crippen molar-refractivity contribution < 1.29 is 10.2 Å². The zero-order valence-electron chi connectivity index (χ0n) is 12.0. The zero-order valence-corrected chi connectivity index (χ0v) is 12.8. The van der Waals surface area contributed by atoms with Gasteiger partial charge in [0, 0.05) is 10.8 Å². The van der Waals surface area contributed by atoms with Crippen molar-refractivity contribution in [3.8, 4) is 0 Å². The van der Waals surface area contributed by atoms with E-state index in [0.717, 1.165) is 16.6 Å². The van der Waals surface area contributed by atoms with Gasteiger partial charge in [-0.3, -0.25) is 0 Å². The third-order valence-corrected chi connectivity index (χ3v) is 4.31. The summed E-state index contributed by atoms with van der Waals surface area (Å²) in [6.45, 7) is 4.83. The summed E-state index contributed by atoms with van der Waals surface area (Å²) < 4.78 is 1.96. The molecule has 0 aliphatic carbocycles. The number of benzene rings is 1. The Labute approximate surface area is 127 Å². The number of aliphatic hydroxyl groups is 2. The average molecular weight is 302 g/mol. The van der Waals surface area contributed by atoms with Crippen LogP contribution < -0.4 is 0 Å². The lowest BCUT2D eigenvalue weighted by Gasteiger charge is -2.15. The second-order valence-corrected chi connectivity index (χ2v) is 6.17. The maximum atomic E-state index is 9.68. The molecular weight excluding hydrogens is 284 g/mol. The Morgan fingerprint density at radius 3 is 2.71 bits per heavy atom. The van der Waals surface area contributed by atoms with Crippen LogP contribution in [0, 0.1) is 0 Å². The van der Waals surface area contributed by atoms with Crippen molar-refractivity contribution in [2.24, 2.45) is 0 Å². The molecule has 0 amide bonds. The molecule has 5 heteroatoms. The van der Waals surface area contributed by atoms with Crippen molar-refractivity contribution in [3.63, 3.8) is 0 Å². The van der Waals surface area contributed by atoms with Crippen LogP contribution in [0.2, 0.25) is 0 Å². The summed E-state index contributed by atoms with van der Waals surface area (Å²) in [6.07, 6.45) is -1.49. The average Bonchev–Trinajstić information content (AvgIpc) is 3.07. The van der Waals surface area contributed by atoms with E-state index in [4.69, 9.17) is 0 Å². The van der Waals surface area contributed by atoms with Crippen LogP contribution in [0.5, 0.6) is 0 Å².